The molecule has 4 nitrogen and oxygen atoms in total. The third-order valence-electron chi connectivity index (χ3n) is 5.57. The van der Waals surface area contributed by atoms with Crippen molar-refractivity contribution in [2.75, 3.05) is 0 Å². The Kier molecular flexibility index (Phi) is 5.49. The maximum Gasteiger partial charge on any atom is 0.429 e. The number of aromatic nitrogens is 2. The molecule has 164 valence electrons. The Hall–Kier alpha value is -2.39. The van der Waals surface area contributed by atoms with E-state index in [1.54, 1.807) is 13.1 Å². The van der Waals surface area contributed by atoms with Gasteiger partial charge in [0.05, 0.1) is 17.8 Å². The van der Waals surface area contributed by atoms with Gasteiger partial charge < -0.3 is 4.57 Å². The summed E-state index contributed by atoms with van der Waals surface area (Å²) in [5.41, 5.74) is -3.17. The van der Waals surface area contributed by atoms with E-state index in [1.807, 2.05) is 6.92 Å². The lowest BCUT2D eigenvalue weighted by Crippen LogP contribution is -2.49. The molecular weight excluding hydrogens is 412 g/mol. The van der Waals surface area contributed by atoms with Gasteiger partial charge in [0.25, 0.3) is 0 Å². The molecule has 2 atom stereocenters. The number of aliphatic imine (C=N–C) groups is 1. The summed E-state index contributed by atoms with van der Waals surface area (Å²) < 4.78 is 82.9. The van der Waals surface area contributed by atoms with Gasteiger partial charge in [-0.15, -0.1) is 0 Å². The number of hydrogen-bond donors (Lipinski definition) is 0. The fraction of sp³-hybridized carbons (Fsp3) is 0.550. The summed E-state index contributed by atoms with van der Waals surface area (Å²) in [5, 5.41) is 0. The average molecular weight is 433 g/mol. The summed E-state index contributed by atoms with van der Waals surface area (Å²) >= 11 is 0. The molecule has 2 unspecified atom stereocenters. The second kappa shape index (κ2) is 7.39. The number of aryl methyl sites for hydroxylation is 2. The molecule has 3 rings (SSSR count). The minimum Gasteiger partial charge on any atom is -0.327 e. The fourth-order valence-corrected chi connectivity index (χ4v) is 4.19. The minimum atomic E-state index is -4.93. The Balaban J connectivity index is 2.10. The van der Waals surface area contributed by atoms with Crippen LogP contribution in [0, 0.1) is 12.8 Å². The first-order chi connectivity index (χ1) is 13.8. The number of dihydropyridines is 1. The molecule has 0 N–H and O–H groups in total. The standard InChI is InChI=1S/C20H21F6N3O/c1-4-17-27-11(2)9-29(17)10-14(30)12-8-16(20(24,25)26)28-18(3)13(12)6-5-7-15(18)19(21,22)23/h5,7,9,15H,4,6,8,10H2,1-3H3. The number of Topliss-reactive ketones (excluding diaryl/α,β-unsaturated/α-hetero) is 1. The van der Waals surface area contributed by atoms with E-state index >= 15 is 0 Å². The number of fused-ring (bicyclic) bond motifs is 1. The number of alkyl halides is 6. The van der Waals surface area contributed by atoms with Crippen LogP contribution < -0.4 is 0 Å². The van der Waals surface area contributed by atoms with Gasteiger partial charge in [0.2, 0.25) is 0 Å². The second-order valence-corrected chi connectivity index (χ2v) is 7.69. The summed E-state index contributed by atoms with van der Waals surface area (Å²) in [6.07, 6.45) is -6.45. The molecular formula is C20H21F6N3O. The summed E-state index contributed by atoms with van der Waals surface area (Å²) in [7, 11) is 0. The van der Waals surface area contributed by atoms with Crippen LogP contribution in [0.25, 0.3) is 0 Å². The van der Waals surface area contributed by atoms with Crippen LogP contribution in [0.3, 0.4) is 0 Å². The zero-order chi connectivity index (χ0) is 22.5. The first-order valence-electron chi connectivity index (χ1n) is 9.45. The van der Waals surface area contributed by atoms with Crippen molar-refractivity contribution in [1.29, 1.82) is 0 Å². The van der Waals surface area contributed by atoms with Crippen LogP contribution in [0.2, 0.25) is 0 Å². The quantitative estimate of drug-likeness (QED) is 0.500. The lowest BCUT2D eigenvalue weighted by Gasteiger charge is -2.42. The van der Waals surface area contributed by atoms with Gasteiger partial charge in [-0.05, 0) is 25.8 Å². The van der Waals surface area contributed by atoms with Crippen molar-refractivity contribution in [3.8, 4) is 0 Å². The molecule has 0 bridgehead atoms. The highest BCUT2D eigenvalue weighted by Crippen LogP contribution is 2.50. The van der Waals surface area contributed by atoms with Gasteiger partial charge in [0.15, 0.2) is 5.78 Å². The molecule has 1 aromatic heterocycles. The predicted octanol–water partition coefficient (Wildman–Crippen LogP) is 4.92. The largest absolute Gasteiger partial charge is 0.429 e. The van der Waals surface area contributed by atoms with Crippen molar-refractivity contribution in [2.45, 2.75) is 64.5 Å². The van der Waals surface area contributed by atoms with Crippen LogP contribution in [-0.2, 0) is 17.8 Å². The predicted molar refractivity (Wildman–Crippen MR) is 98.2 cm³/mol. The highest BCUT2D eigenvalue weighted by atomic mass is 19.4. The molecule has 0 radical (unpaired) electrons. The number of hydrogen-bond acceptors (Lipinski definition) is 3. The summed E-state index contributed by atoms with van der Waals surface area (Å²) in [6, 6.07) is 0. The van der Waals surface area contributed by atoms with Gasteiger partial charge in [0.1, 0.15) is 17.5 Å². The van der Waals surface area contributed by atoms with Crippen molar-refractivity contribution in [2.24, 2.45) is 10.9 Å². The molecule has 1 aliphatic heterocycles. The second-order valence-electron chi connectivity index (χ2n) is 7.69. The van der Waals surface area contributed by atoms with Crippen LogP contribution in [-0.4, -0.2) is 38.9 Å². The Morgan fingerprint density at radius 2 is 1.93 bits per heavy atom. The molecule has 0 saturated carbocycles. The monoisotopic (exact) mass is 433 g/mol. The van der Waals surface area contributed by atoms with Gasteiger partial charge in [0, 0.05) is 24.6 Å². The smallest absolute Gasteiger partial charge is 0.327 e. The lowest BCUT2D eigenvalue weighted by molar-refractivity contribution is -0.174. The molecule has 10 heteroatoms. The average Bonchev–Trinajstić information content (AvgIpc) is 2.97. The SMILES string of the molecule is CCc1nc(C)cn1CC(=O)C1=C2CC=CC(C(F)(F)F)C2(C)N=C(C(F)(F)F)C1. The van der Waals surface area contributed by atoms with Crippen LogP contribution >= 0.6 is 0 Å². The number of allylic oxidation sites excluding steroid dienone is 2. The van der Waals surface area contributed by atoms with Gasteiger partial charge in [-0.2, -0.15) is 26.3 Å². The third kappa shape index (κ3) is 3.96. The van der Waals surface area contributed by atoms with Crippen LogP contribution in [0.5, 0.6) is 0 Å². The maximum atomic E-state index is 13.6. The zero-order valence-electron chi connectivity index (χ0n) is 16.7. The van der Waals surface area contributed by atoms with E-state index < -0.39 is 41.7 Å². The maximum absolute atomic E-state index is 13.6. The number of nitrogens with zero attached hydrogens (tertiary/aromatic N) is 3. The van der Waals surface area contributed by atoms with Crippen molar-refractivity contribution >= 4 is 11.5 Å². The number of carbonyl (C=O) groups is 1. The number of carbonyl (C=O) groups excluding carboxylic acids is 1. The normalized spacial score (nSPS) is 24.7. The van der Waals surface area contributed by atoms with Gasteiger partial charge in [-0.1, -0.05) is 19.1 Å². The highest BCUT2D eigenvalue weighted by Gasteiger charge is 2.56. The molecule has 1 aromatic rings. The van der Waals surface area contributed by atoms with E-state index in [0.29, 0.717) is 17.9 Å². The number of halogens is 6. The molecule has 2 heterocycles. The van der Waals surface area contributed by atoms with Crippen LogP contribution in [0.4, 0.5) is 26.3 Å². The summed E-state index contributed by atoms with van der Waals surface area (Å²) in [4.78, 5) is 20.8. The summed E-state index contributed by atoms with van der Waals surface area (Å²) in [5.74, 6) is -2.32. The Bertz CT molecular complexity index is 951. The lowest BCUT2D eigenvalue weighted by atomic mass is 9.69. The Labute approximate surface area is 169 Å². The number of ketones is 1. The van der Waals surface area contributed by atoms with Crippen LogP contribution in [0.1, 0.15) is 38.2 Å². The number of rotatable bonds is 4. The molecule has 0 aromatic carbocycles. The van der Waals surface area contributed by atoms with Crippen LogP contribution in [0.15, 0.2) is 34.5 Å². The van der Waals surface area contributed by atoms with E-state index in [9.17, 15) is 31.1 Å². The topological polar surface area (TPSA) is 47.2 Å². The van der Waals surface area contributed by atoms with E-state index in [1.165, 1.54) is 10.6 Å². The molecule has 2 aliphatic rings. The highest BCUT2D eigenvalue weighted by molar-refractivity contribution is 6.05. The van der Waals surface area contributed by atoms with Crippen molar-refractivity contribution in [1.82, 2.24) is 9.55 Å². The van der Waals surface area contributed by atoms with Gasteiger partial charge in [-0.3, -0.25) is 9.79 Å². The summed E-state index contributed by atoms with van der Waals surface area (Å²) in [6.45, 7) is 4.27. The van der Waals surface area contributed by atoms with Gasteiger partial charge >= 0.3 is 12.4 Å². The molecule has 1 aliphatic carbocycles. The molecule has 0 amide bonds. The van der Waals surface area contributed by atoms with E-state index in [2.05, 4.69) is 9.98 Å². The molecule has 0 saturated heterocycles. The van der Waals surface area contributed by atoms with E-state index in [4.69, 9.17) is 0 Å². The zero-order valence-corrected chi connectivity index (χ0v) is 16.7. The Morgan fingerprint density at radius 3 is 2.50 bits per heavy atom. The number of imidazole rings is 1. The van der Waals surface area contributed by atoms with E-state index in [-0.39, 0.29) is 24.1 Å². The minimum absolute atomic E-state index is 0.000195. The molecule has 0 spiro atoms. The van der Waals surface area contributed by atoms with E-state index in [0.717, 1.165) is 13.0 Å². The fourth-order valence-electron chi connectivity index (χ4n) is 4.19. The third-order valence-corrected chi connectivity index (χ3v) is 5.57. The first-order valence-corrected chi connectivity index (χ1v) is 9.45. The first kappa shape index (κ1) is 22.3. The molecule has 30 heavy (non-hydrogen) atoms. The van der Waals surface area contributed by atoms with Crippen molar-refractivity contribution in [3.63, 3.8) is 0 Å². The Morgan fingerprint density at radius 1 is 1.27 bits per heavy atom. The van der Waals surface area contributed by atoms with Crippen molar-refractivity contribution in [3.05, 3.63) is 41.0 Å². The van der Waals surface area contributed by atoms with Gasteiger partial charge in [-0.25, -0.2) is 4.98 Å². The molecule has 0 fully saturated rings. The van der Waals surface area contributed by atoms with Crippen molar-refractivity contribution < 1.29 is 31.1 Å².